The Hall–Kier alpha value is -0.570. The summed E-state index contributed by atoms with van der Waals surface area (Å²) in [6, 6.07) is 5.61. The fourth-order valence-electron chi connectivity index (χ4n) is 2.55. The Kier molecular flexibility index (Phi) is 3.76. The van der Waals surface area contributed by atoms with Gasteiger partial charge < -0.3 is 5.32 Å². The highest BCUT2D eigenvalue weighted by Gasteiger charge is 2.31. The fraction of sp³-hybridized carbons (Fsp3) is 0.571. The van der Waals surface area contributed by atoms with Crippen molar-refractivity contribution >= 4 is 21.6 Å². The summed E-state index contributed by atoms with van der Waals surface area (Å²) in [6.07, 6.45) is 5.05. The second-order valence-corrected chi connectivity index (χ2v) is 6.41. The van der Waals surface area contributed by atoms with E-state index in [0.717, 1.165) is 5.69 Å². The normalized spacial score (nSPS) is 23.4. The molecule has 0 aromatic heterocycles. The molecule has 1 unspecified atom stereocenters. The van der Waals surface area contributed by atoms with Gasteiger partial charge >= 0.3 is 0 Å². The summed E-state index contributed by atoms with van der Waals surface area (Å²) in [5, 5.41) is 3.54. The van der Waals surface area contributed by atoms with Crippen LogP contribution in [0.5, 0.6) is 0 Å². The molecule has 0 heterocycles. The van der Waals surface area contributed by atoms with Gasteiger partial charge in [0.2, 0.25) is 0 Å². The van der Waals surface area contributed by atoms with E-state index in [9.17, 15) is 4.39 Å². The fourth-order valence-corrected chi connectivity index (χ4v) is 2.93. The van der Waals surface area contributed by atoms with E-state index in [1.807, 2.05) is 12.1 Å². The van der Waals surface area contributed by atoms with Crippen LogP contribution in [0.2, 0.25) is 0 Å². The SMILES string of the molecule is CC1(C)CCCCC1Nc1ccc(F)c(Br)c1. The number of halogens is 2. The molecule has 17 heavy (non-hydrogen) atoms. The van der Waals surface area contributed by atoms with Crippen molar-refractivity contribution in [3.8, 4) is 0 Å². The first-order valence-corrected chi connectivity index (χ1v) is 7.00. The molecule has 1 aliphatic carbocycles. The van der Waals surface area contributed by atoms with Crippen LogP contribution in [0.4, 0.5) is 10.1 Å². The zero-order chi connectivity index (χ0) is 12.5. The molecule has 0 spiro atoms. The topological polar surface area (TPSA) is 12.0 Å². The Labute approximate surface area is 111 Å². The molecule has 3 heteroatoms. The molecular formula is C14H19BrFN. The van der Waals surface area contributed by atoms with Gasteiger partial charge in [-0.05, 0) is 52.4 Å². The summed E-state index contributed by atoms with van der Waals surface area (Å²) in [7, 11) is 0. The third-order valence-electron chi connectivity index (χ3n) is 3.77. The van der Waals surface area contributed by atoms with Crippen LogP contribution in [0.25, 0.3) is 0 Å². The van der Waals surface area contributed by atoms with Gasteiger partial charge in [0.05, 0.1) is 4.47 Å². The number of benzene rings is 1. The Balaban J connectivity index is 2.11. The van der Waals surface area contributed by atoms with Crippen molar-refractivity contribution in [1.82, 2.24) is 0 Å². The molecule has 1 aromatic rings. The molecular weight excluding hydrogens is 281 g/mol. The summed E-state index contributed by atoms with van der Waals surface area (Å²) >= 11 is 3.22. The molecule has 1 saturated carbocycles. The van der Waals surface area contributed by atoms with Gasteiger partial charge in [0.1, 0.15) is 5.82 Å². The van der Waals surface area contributed by atoms with Gasteiger partial charge in [-0.25, -0.2) is 4.39 Å². The average Bonchev–Trinajstić information content (AvgIpc) is 2.26. The third kappa shape index (κ3) is 3.01. The van der Waals surface area contributed by atoms with Gasteiger partial charge in [-0.3, -0.25) is 0 Å². The Morgan fingerprint density at radius 3 is 2.76 bits per heavy atom. The lowest BCUT2D eigenvalue weighted by molar-refractivity contribution is 0.217. The lowest BCUT2D eigenvalue weighted by Gasteiger charge is -2.39. The molecule has 1 N–H and O–H groups in total. The predicted molar refractivity (Wildman–Crippen MR) is 73.8 cm³/mol. The van der Waals surface area contributed by atoms with Gasteiger partial charge in [-0.15, -0.1) is 0 Å². The van der Waals surface area contributed by atoms with Crippen molar-refractivity contribution in [1.29, 1.82) is 0 Å². The Bertz CT molecular complexity index is 403. The van der Waals surface area contributed by atoms with Gasteiger partial charge in [0, 0.05) is 11.7 Å². The van der Waals surface area contributed by atoms with Crippen LogP contribution in [0.3, 0.4) is 0 Å². The van der Waals surface area contributed by atoms with E-state index in [-0.39, 0.29) is 5.82 Å². The van der Waals surface area contributed by atoms with Crippen LogP contribution in [0.1, 0.15) is 39.5 Å². The highest BCUT2D eigenvalue weighted by Crippen LogP contribution is 2.37. The molecule has 1 fully saturated rings. The second kappa shape index (κ2) is 4.97. The molecule has 0 saturated heterocycles. The minimum Gasteiger partial charge on any atom is -0.382 e. The summed E-state index contributed by atoms with van der Waals surface area (Å²) in [5.41, 5.74) is 1.32. The lowest BCUT2D eigenvalue weighted by Crippen LogP contribution is -2.38. The van der Waals surface area contributed by atoms with E-state index in [4.69, 9.17) is 0 Å². The first kappa shape index (κ1) is 12.9. The van der Waals surface area contributed by atoms with Crippen LogP contribution in [0.15, 0.2) is 22.7 Å². The van der Waals surface area contributed by atoms with Gasteiger partial charge in [-0.1, -0.05) is 26.7 Å². The van der Waals surface area contributed by atoms with Crippen molar-refractivity contribution in [2.45, 2.75) is 45.6 Å². The highest BCUT2D eigenvalue weighted by atomic mass is 79.9. The number of anilines is 1. The average molecular weight is 300 g/mol. The summed E-state index contributed by atoms with van der Waals surface area (Å²) in [5.74, 6) is -0.210. The van der Waals surface area contributed by atoms with Gasteiger partial charge in [-0.2, -0.15) is 0 Å². The minimum absolute atomic E-state index is 0.210. The van der Waals surface area contributed by atoms with Crippen molar-refractivity contribution in [3.63, 3.8) is 0 Å². The first-order chi connectivity index (χ1) is 7.99. The zero-order valence-corrected chi connectivity index (χ0v) is 12.0. The van der Waals surface area contributed by atoms with Crippen molar-refractivity contribution in [3.05, 3.63) is 28.5 Å². The van der Waals surface area contributed by atoms with Crippen LogP contribution in [-0.4, -0.2) is 6.04 Å². The van der Waals surface area contributed by atoms with Gasteiger partial charge in [0.25, 0.3) is 0 Å². The maximum atomic E-state index is 13.2. The molecule has 1 aromatic carbocycles. The van der Waals surface area contributed by atoms with Crippen LogP contribution < -0.4 is 5.32 Å². The summed E-state index contributed by atoms with van der Waals surface area (Å²) in [6.45, 7) is 4.62. The van der Waals surface area contributed by atoms with E-state index < -0.39 is 0 Å². The Morgan fingerprint density at radius 2 is 2.12 bits per heavy atom. The number of nitrogens with one attached hydrogen (secondary N) is 1. The first-order valence-electron chi connectivity index (χ1n) is 6.21. The second-order valence-electron chi connectivity index (χ2n) is 5.56. The van der Waals surface area contributed by atoms with E-state index >= 15 is 0 Å². The maximum Gasteiger partial charge on any atom is 0.137 e. The summed E-state index contributed by atoms with van der Waals surface area (Å²) < 4.78 is 13.7. The highest BCUT2D eigenvalue weighted by molar-refractivity contribution is 9.10. The van der Waals surface area contributed by atoms with E-state index in [0.29, 0.717) is 15.9 Å². The van der Waals surface area contributed by atoms with E-state index in [1.54, 1.807) is 0 Å². The lowest BCUT2D eigenvalue weighted by atomic mass is 9.73. The molecule has 0 aliphatic heterocycles. The maximum absolute atomic E-state index is 13.2. The van der Waals surface area contributed by atoms with Crippen molar-refractivity contribution < 1.29 is 4.39 Å². The molecule has 94 valence electrons. The molecule has 0 radical (unpaired) electrons. The van der Waals surface area contributed by atoms with E-state index in [2.05, 4.69) is 35.1 Å². The van der Waals surface area contributed by atoms with E-state index in [1.165, 1.54) is 31.7 Å². The Morgan fingerprint density at radius 1 is 1.35 bits per heavy atom. The summed E-state index contributed by atoms with van der Waals surface area (Å²) in [4.78, 5) is 0. The molecule has 1 nitrogen and oxygen atoms in total. The van der Waals surface area contributed by atoms with Crippen LogP contribution in [0, 0.1) is 11.2 Å². The number of hydrogen-bond donors (Lipinski definition) is 1. The van der Waals surface area contributed by atoms with Gasteiger partial charge in [0.15, 0.2) is 0 Å². The molecule has 0 amide bonds. The predicted octanol–water partition coefficient (Wildman–Crippen LogP) is 4.97. The molecule has 2 rings (SSSR count). The quantitative estimate of drug-likeness (QED) is 0.813. The molecule has 1 atom stereocenters. The number of rotatable bonds is 2. The van der Waals surface area contributed by atoms with Crippen molar-refractivity contribution in [2.75, 3.05) is 5.32 Å². The van der Waals surface area contributed by atoms with Crippen LogP contribution in [-0.2, 0) is 0 Å². The molecule has 1 aliphatic rings. The zero-order valence-electron chi connectivity index (χ0n) is 10.4. The number of hydrogen-bond acceptors (Lipinski definition) is 1. The van der Waals surface area contributed by atoms with Crippen LogP contribution >= 0.6 is 15.9 Å². The van der Waals surface area contributed by atoms with Crippen molar-refractivity contribution in [2.24, 2.45) is 5.41 Å². The standard InChI is InChI=1S/C14H19BrFN/c1-14(2)8-4-3-5-13(14)17-10-6-7-12(16)11(15)9-10/h6-7,9,13,17H,3-5,8H2,1-2H3. The minimum atomic E-state index is -0.210. The third-order valence-corrected chi connectivity index (χ3v) is 4.38. The smallest absolute Gasteiger partial charge is 0.137 e. The monoisotopic (exact) mass is 299 g/mol. The largest absolute Gasteiger partial charge is 0.382 e. The molecule has 0 bridgehead atoms.